The van der Waals surface area contributed by atoms with Crippen molar-refractivity contribution in [1.29, 1.82) is 0 Å². The number of pyridine rings is 1. The number of carbonyl (C=O) groups is 1. The van der Waals surface area contributed by atoms with Gasteiger partial charge in [0.1, 0.15) is 12.4 Å². The molecule has 6 nitrogen and oxygen atoms in total. The van der Waals surface area contributed by atoms with E-state index in [4.69, 9.17) is 9.84 Å². The molecule has 0 bridgehead atoms. The molecule has 0 saturated carbocycles. The summed E-state index contributed by atoms with van der Waals surface area (Å²) in [6.45, 7) is 6.40. The van der Waals surface area contributed by atoms with Crippen LogP contribution in [0.2, 0.25) is 0 Å². The Morgan fingerprint density at radius 2 is 1.96 bits per heavy atom. The summed E-state index contributed by atoms with van der Waals surface area (Å²) in [5, 5.41) is 9.05. The Hall–Kier alpha value is -2.44. The van der Waals surface area contributed by atoms with E-state index in [-0.39, 0.29) is 6.54 Å². The Morgan fingerprint density at radius 3 is 2.57 bits per heavy atom. The summed E-state index contributed by atoms with van der Waals surface area (Å²) in [6, 6.07) is 12.6. The minimum absolute atomic E-state index is 0.141. The third-order valence-electron chi connectivity index (χ3n) is 5.28. The lowest BCUT2D eigenvalue weighted by molar-refractivity contribution is -0.139. The smallest absolute Gasteiger partial charge is 0.317 e. The van der Waals surface area contributed by atoms with Crippen molar-refractivity contribution in [2.45, 2.75) is 39.0 Å². The lowest BCUT2D eigenvalue weighted by atomic mass is 10.0. The number of carboxylic acids is 1. The second-order valence-electron chi connectivity index (χ2n) is 7.26. The van der Waals surface area contributed by atoms with E-state index in [2.05, 4.69) is 26.9 Å². The maximum atomic E-state index is 11.0. The van der Waals surface area contributed by atoms with Crippen molar-refractivity contribution in [2.24, 2.45) is 0 Å². The van der Waals surface area contributed by atoms with E-state index in [1.54, 1.807) is 6.20 Å². The van der Waals surface area contributed by atoms with Crippen molar-refractivity contribution in [3.63, 3.8) is 0 Å². The number of ether oxygens (including phenoxy) is 1. The van der Waals surface area contributed by atoms with Gasteiger partial charge in [-0.25, -0.2) is 0 Å². The number of likely N-dealkylation sites (tertiary alicyclic amines) is 1. The number of aromatic nitrogens is 1. The molecule has 2 aromatic rings. The van der Waals surface area contributed by atoms with E-state index in [9.17, 15) is 4.79 Å². The zero-order valence-electron chi connectivity index (χ0n) is 16.5. The molecule has 0 amide bonds. The van der Waals surface area contributed by atoms with E-state index in [0.717, 1.165) is 50.3 Å². The Balaban J connectivity index is 1.44. The molecule has 0 radical (unpaired) electrons. The van der Waals surface area contributed by atoms with E-state index in [0.29, 0.717) is 12.6 Å². The highest BCUT2D eigenvalue weighted by Gasteiger charge is 2.24. The molecule has 0 unspecified atom stereocenters. The fourth-order valence-corrected chi connectivity index (χ4v) is 3.71. The summed E-state index contributed by atoms with van der Waals surface area (Å²) in [6.07, 6.45) is 5.61. The second-order valence-corrected chi connectivity index (χ2v) is 7.26. The lowest BCUT2D eigenvalue weighted by Gasteiger charge is -2.37. The highest BCUT2D eigenvalue weighted by molar-refractivity contribution is 5.69. The van der Waals surface area contributed by atoms with Gasteiger partial charge in [0.05, 0.1) is 6.54 Å². The fourth-order valence-electron chi connectivity index (χ4n) is 3.71. The number of nitrogens with zero attached hydrogens (tertiary/aromatic N) is 3. The van der Waals surface area contributed by atoms with E-state index < -0.39 is 5.97 Å². The average Bonchev–Trinajstić information content (AvgIpc) is 2.73. The predicted molar refractivity (Wildman–Crippen MR) is 108 cm³/mol. The Kier molecular flexibility index (Phi) is 7.39. The second kappa shape index (κ2) is 10.2. The average molecular weight is 383 g/mol. The van der Waals surface area contributed by atoms with Gasteiger partial charge in [0, 0.05) is 30.5 Å². The van der Waals surface area contributed by atoms with Gasteiger partial charge >= 0.3 is 5.97 Å². The quantitative estimate of drug-likeness (QED) is 0.718. The van der Waals surface area contributed by atoms with Crippen LogP contribution in [0.1, 0.15) is 30.9 Å². The molecule has 1 N–H and O–H groups in total. The number of carboxylic acid groups (broad SMARTS) is 1. The molecule has 1 aromatic carbocycles. The van der Waals surface area contributed by atoms with Crippen LogP contribution in [0, 0.1) is 0 Å². The first-order valence-electron chi connectivity index (χ1n) is 9.93. The zero-order chi connectivity index (χ0) is 19.8. The topological polar surface area (TPSA) is 65.9 Å². The third kappa shape index (κ3) is 6.04. The zero-order valence-corrected chi connectivity index (χ0v) is 16.5. The van der Waals surface area contributed by atoms with Crippen LogP contribution in [-0.4, -0.2) is 58.1 Å². The van der Waals surface area contributed by atoms with Crippen LogP contribution in [0.3, 0.4) is 0 Å². The number of benzene rings is 1. The normalized spacial score (nSPS) is 15.6. The summed E-state index contributed by atoms with van der Waals surface area (Å²) in [5.74, 6) is 0.119. The fraction of sp³-hybridized carbons (Fsp3) is 0.455. The van der Waals surface area contributed by atoms with Crippen LogP contribution in [0.25, 0.3) is 0 Å². The van der Waals surface area contributed by atoms with Crippen molar-refractivity contribution in [2.75, 3.05) is 26.2 Å². The Bertz CT molecular complexity index is 728. The molecule has 6 heteroatoms. The molecular weight excluding hydrogens is 354 g/mol. The van der Waals surface area contributed by atoms with Crippen molar-refractivity contribution in [1.82, 2.24) is 14.8 Å². The Labute approximate surface area is 166 Å². The van der Waals surface area contributed by atoms with Gasteiger partial charge in [-0.3, -0.25) is 19.6 Å². The van der Waals surface area contributed by atoms with Crippen molar-refractivity contribution < 1.29 is 14.6 Å². The van der Waals surface area contributed by atoms with E-state index in [1.807, 2.05) is 37.4 Å². The number of piperidine rings is 1. The molecule has 150 valence electrons. The molecular formula is C22H29N3O3. The maximum absolute atomic E-state index is 11.0. The first kappa shape index (κ1) is 20.3. The minimum Gasteiger partial charge on any atom is -0.489 e. The first-order chi connectivity index (χ1) is 13.6. The molecule has 1 aliphatic rings. The molecule has 1 aromatic heterocycles. The third-order valence-corrected chi connectivity index (χ3v) is 5.28. The first-order valence-corrected chi connectivity index (χ1v) is 9.93. The van der Waals surface area contributed by atoms with E-state index >= 15 is 0 Å². The van der Waals surface area contributed by atoms with E-state index in [1.165, 1.54) is 5.56 Å². The largest absolute Gasteiger partial charge is 0.489 e. The summed E-state index contributed by atoms with van der Waals surface area (Å²) in [5.41, 5.74) is 2.32. The maximum Gasteiger partial charge on any atom is 0.317 e. The molecule has 0 spiro atoms. The van der Waals surface area contributed by atoms with Gasteiger partial charge in [0.2, 0.25) is 0 Å². The van der Waals surface area contributed by atoms with Gasteiger partial charge in [-0.15, -0.1) is 0 Å². The van der Waals surface area contributed by atoms with Crippen LogP contribution in [0.15, 0.2) is 48.8 Å². The number of aliphatic carboxylic acids is 1. The monoisotopic (exact) mass is 383 g/mol. The molecule has 3 rings (SSSR count). The number of hydrogen-bond donors (Lipinski definition) is 1. The molecule has 1 fully saturated rings. The van der Waals surface area contributed by atoms with Gasteiger partial charge < -0.3 is 9.84 Å². The molecule has 1 saturated heterocycles. The summed E-state index contributed by atoms with van der Waals surface area (Å²) < 4.78 is 5.81. The summed E-state index contributed by atoms with van der Waals surface area (Å²) >= 11 is 0. The minimum atomic E-state index is -0.741. The molecule has 1 aliphatic heterocycles. The summed E-state index contributed by atoms with van der Waals surface area (Å²) in [7, 11) is 0. The highest BCUT2D eigenvalue weighted by Crippen LogP contribution is 2.20. The number of likely N-dealkylation sites (N-methyl/N-ethyl adjacent to an activating group) is 1. The molecule has 0 atom stereocenters. The molecule has 28 heavy (non-hydrogen) atoms. The van der Waals surface area contributed by atoms with Crippen LogP contribution >= 0.6 is 0 Å². The molecule has 2 heterocycles. The summed E-state index contributed by atoms with van der Waals surface area (Å²) in [4.78, 5) is 19.6. The van der Waals surface area contributed by atoms with Crippen LogP contribution in [-0.2, 0) is 17.9 Å². The van der Waals surface area contributed by atoms with Crippen LogP contribution in [0.5, 0.6) is 5.75 Å². The Morgan fingerprint density at radius 1 is 1.21 bits per heavy atom. The lowest BCUT2D eigenvalue weighted by Crippen LogP contribution is -2.46. The standard InChI is InChI=1S/C22H29N3O3/c1-2-25(16-22(26)27)20-9-12-24(13-10-20)15-18-5-7-21(8-6-18)28-17-19-4-3-11-23-14-19/h3-8,11,14,20H,2,9-10,12-13,15-17H2,1H3,(H,26,27). The van der Waals surface area contributed by atoms with Crippen molar-refractivity contribution in [3.05, 3.63) is 59.9 Å². The number of hydrogen-bond acceptors (Lipinski definition) is 5. The highest BCUT2D eigenvalue weighted by atomic mass is 16.5. The van der Waals surface area contributed by atoms with Gasteiger partial charge in [-0.05, 0) is 56.2 Å². The van der Waals surface area contributed by atoms with Gasteiger partial charge in [0.25, 0.3) is 0 Å². The van der Waals surface area contributed by atoms with Crippen LogP contribution < -0.4 is 4.74 Å². The van der Waals surface area contributed by atoms with Crippen LogP contribution in [0.4, 0.5) is 0 Å². The van der Waals surface area contributed by atoms with Crippen molar-refractivity contribution >= 4 is 5.97 Å². The predicted octanol–water partition coefficient (Wildman–Crippen LogP) is 3.03. The van der Waals surface area contributed by atoms with Gasteiger partial charge in [0.15, 0.2) is 0 Å². The van der Waals surface area contributed by atoms with Gasteiger partial charge in [-0.1, -0.05) is 25.1 Å². The van der Waals surface area contributed by atoms with Crippen molar-refractivity contribution in [3.8, 4) is 5.75 Å². The number of rotatable bonds is 9. The molecule has 0 aliphatic carbocycles. The van der Waals surface area contributed by atoms with Gasteiger partial charge in [-0.2, -0.15) is 0 Å². The SMILES string of the molecule is CCN(CC(=O)O)C1CCN(Cc2ccc(OCc3cccnc3)cc2)CC1.